The third-order valence-electron chi connectivity index (χ3n) is 3.83. The van der Waals surface area contributed by atoms with E-state index in [1.165, 1.54) is 17.2 Å². The molecule has 0 bridgehead atoms. The monoisotopic (exact) mass is 285 g/mol. The first kappa shape index (κ1) is 15.7. The fraction of sp³-hybridized carbons (Fsp3) is 0.368. The Bertz CT molecular complexity index is 579. The van der Waals surface area contributed by atoms with Crippen LogP contribution in [0.25, 0.3) is 0 Å². The molecule has 0 spiro atoms. The molecule has 0 aliphatic heterocycles. The molecular weight excluding hydrogens is 261 g/mol. The summed E-state index contributed by atoms with van der Waals surface area (Å²) in [6, 6.07) is 16.0. The van der Waals surface area contributed by atoms with E-state index < -0.39 is 0 Å². The van der Waals surface area contributed by atoms with Gasteiger partial charge < -0.3 is 5.32 Å². The number of nitrogens with one attached hydrogen (secondary N) is 1. The van der Waals surface area contributed by atoms with Crippen LogP contribution >= 0.6 is 0 Å². The average Bonchev–Trinajstić information content (AvgIpc) is 2.45. The van der Waals surface area contributed by atoms with Gasteiger partial charge in [0.05, 0.1) is 0 Å². The first-order valence-electron chi connectivity index (χ1n) is 7.61. The van der Waals surface area contributed by atoms with Gasteiger partial charge in [0.1, 0.15) is 5.82 Å². The first-order valence-corrected chi connectivity index (χ1v) is 7.61. The van der Waals surface area contributed by atoms with Crippen molar-refractivity contribution in [2.24, 2.45) is 0 Å². The lowest BCUT2D eigenvalue weighted by atomic mass is 10.0. The van der Waals surface area contributed by atoms with Gasteiger partial charge in [0, 0.05) is 12.1 Å². The lowest BCUT2D eigenvalue weighted by Crippen LogP contribution is -2.29. The van der Waals surface area contributed by atoms with E-state index in [0.29, 0.717) is 6.04 Å². The summed E-state index contributed by atoms with van der Waals surface area (Å²) in [5.41, 5.74) is 3.68. The Hall–Kier alpha value is -1.67. The zero-order valence-corrected chi connectivity index (χ0v) is 13.1. The highest BCUT2D eigenvalue weighted by molar-refractivity contribution is 5.22. The van der Waals surface area contributed by atoms with Gasteiger partial charge in [0.25, 0.3) is 0 Å². The molecule has 2 heteroatoms. The Morgan fingerprint density at radius 2 is 1.81 bits per heavy atom. The molecule has 0 aliphatic carbocycles. The highest BCUT2D eigenvalue weighted by atomic mass is 19.1. The smallest absolute Gasteiger partial charge is 0.123 e. The van der Waals surface area contributed by atoms with Crippen molar-refractivity contribution >= 4 is 0 Å². The molecule has 2 aromatic rings. The Labute approximate surface area is 127 Å². The molecule has 0 amide bonds. The highest BCUT2D eigenvalue weighted by Crippen LogP contribution is 2.15. The first-order chi connectivity index (χ1) is 10.0. The Morgan fingerprint density at radius 3 is 2.52 bits per heavy atom. The van der Waals surface area contributed by atoms with Crippen molar-refractivity contribution in [3.63, 3.8) is 0 Å². The Morgan fingerprint density at radius 1 is 1.05 bits per heavy atom. The van der Waals surface area contributed by atoms with Crippen molar-refractivity contribution in [2.45, 2.75) is 45.7 Å². The summed E-state index contributed by atoms with van der Waals surface area (Å²) < 4.78 is 13.2. The summed E-state index contributed by atoms with van der Waals surface area (Å²) in [6.45, 7) is 6.39. The molecule has 1 N–H and O–H groups in total. The molecule has 2 atom stereocenters. The van der Waals surface area contributed by atoms with Crippen molar-refractivity contribution in [1.29, 1.82) is 0 Å². The zero-order chi connectivity index (χ0) is 15.2. The molecule has 0 radical (unpaired) electrons. The third-order valence-corrected chi connectivity index (χ3v) is 3.83. The fourth-order valence-corrected chi connectivity index (χ4v) is 2.63. The van der Waals surface area contributed by atoms with Crippen molar-refractivity contribution in [3.8, 4) is 0 Å². The lowest BCUT2D eigenvalue weighted by molar-refractivity contribution is 0.455. The second kappa shape index (κ2) is 7.37. The van der Waals surface area contributed by atoms with Crippen molar-refractivity contribution < 1.29 is 4.39 Å². The maximum atomic E-state index is 13.2. The quantitative estimate of drug-likeness (QED) is 0.803. The summed E-state index contributed by atoms with van der Waals surface area (Å²) in [6.07, 6.45) is 2.13. The molecule has 0 aromatic heterocycles. The van der Waals surface area contributed by atoms with Crippen LogP contribution in [0.4, 0.5) is 4.39 Å². The van der Waals surface area contributed by atoms with Crippen LogP contribution in [0, 0.1) is 12.7 Å². The molecular formula is C19H24FN. The molecule has 0 aliphatic rings. The van der Waals surface area contributed by atoms with Gasteiger partial charge in [-0.1, -0.05) is 42.0 Å². The van der Waals surface area contributed by atoms with Crippen molar-refractivity contribution in [1.82, 2.24) is 5.32 Å². The maximum absolute atomic E-state index is 13.2. The second-order valence-electron chi connectivity index (χ2n) is 5.87. The summed E-state index contributed by atoms with van der Waals surface area (Å²) in [4.78, 5) is 0. The molecule has 0 saturated carbocycles. The number of benzene rings is 2. The largest absolute Gasteiger partial charge is 0.308 e. The molecule has 21 heavy (non-hydrogen) atoms. The van der Waals surface area contributed by atoms with E-state index in [-0.39, 0.29) is 11.9 Å². The van der Waals surface area contributed by atoms with Gasteiger partial charge in [-0.3, -0.25) is 0 Å². The van der Waals surface area contributed by atoms with Gasteiger partial charge in [-0.05, 0) is 56.9 Å². The summed E-state index contributed by atoms with van der Waals surface area (Å²) in [5, 5.41) is 3.54. The van der Waals surface area contributed by atoms with Crippen LogP contribution < -0.4 is 5.32 Å². The predicted octanol–water partition coefficient (Wildman–Crippen LogP) is 4.81. The minimum absolute atomic E-state index is 0.160. The van der Waals surface area contributed by atoms with Crippen LogP contribution in [-0.4, -0.2) is 6.04 Å². The van der Waals surface area contributed by atoms with E-state index in [9.17, 15) is 4.39 Å². The van der Waals surface area contributed by atoms with Gasteiger partial charge in [-0.2, -0.15) is 0 Å². The van der Waals surface area contributed by atoms with Crippen LogP contribution in [-0.2, 0) is 6.42 Å². The minimum Gasteiger partial charge on any atom is -0.308 e. The molecule has 0 fully saturated rings. The van der Waals surface area contributed by atoms with Crippen LogP contribution in [0.2, 0.25) is 0 Å². The number of hydrogen-bond acceptors (Lipinski definition) is 1. The molecule has 0 saturated heterocycles. The molecule has 2 rings (SSSR count). The molecule has 2 aromatic carbocycles. The summed E-state index contributed by atoms with van der Waals surface area (Å²) in [7, 11) is 0. The van der Waals surface area contributed by atoms with Crippen LogP contribution in [0.1, 0.15) is 43.0 Å². The van der Waals surface area contributed by atoms with E-state index in [1.54, 1.807) is 12.1 Å². The van der Waals surface area contributed by atoms with E-state index in [0.717, 1.165) is 18.4 Å². The number of hydrogen-bond donors (Lipinski definition) is 1. The normalized spacial score (nSPS) is 13.9. The standard InChI is InChI=1S/C19H24FN/c1-14-6-4-7-17(12-14)11-10-15(2)21-16(3)18-8-5-9-19(20)13-18/h4-9,12-13,15-16,21H,10-11H2,1-3H3/t15?,16-/m0/s1. The van der Waals surface area contributed by atoms with Gasteiger partial charge in [-0.25, -0.2) is 4.39 Å². The van der Waals surface area contributed by atoms with Gasteiger partial charge in [-0.15, -0.1) is 0 Å². The number of aryl methyl sites for hydroxylation is 2. The van der Waals surface area contributed by atoms with Crippen LogP contribution in [0.3, 0.4) is 0 Å². The molecule has 1 unspecified atom stereocenters. The lowest BCUT2D eigenvalue weighted by Gasteiger charge is -2.20. The fourth-order valence-electron chi connectivity index (χ4n) is 2.63. The molecule has 112 valence electrons. The Balaban J connectivity index is 1.85. The van der Waals surface area contributed by atoms with Crippen molar-refractivity contribution in [2.75, 3.05) is 0 Å². The maximum Gasteiger partial charge on any atom is 0.123 e. The van der Waals surface area contributed by atoms with Gasteiger partial charge in [0.15, 0.2) is 0 Å². The molecule has 1 nitrogen and oxygen atoms in total. The predicted molar refractivity (Wildman–Crippen MR) is 86.9 cm³/mol. The van der Waals surface area contributed by atoms with E-state index in [1.807, 2.05) is 6.07 Å². The van der Waals surface area contributed by atoms with E-state index in [2.05, 4.69) is 50.4 Å². The summed E-state index contributed by atoms with van der Waals surface area (Å²) >= 11 is 0. The van der Waals surface area contributed by atoms with Gasteiger partial charge >= 0.3 is 0 Å². The Kier molecular flexibility index (Phi) is 5.51. The summed E-state index contributed by atoms with van der Waals surface area (Å²) in [5.74, 6) is -0.173. The third kappa shape index (κ3) is 4.98. The van der Waals surface area contributed by atoms with Crippen molar-refractivity contribution in [3.05, 3.63) is 71.0 Å². The SMILES string of the molecule is Cc1cccc(CCC(C)N[C@@H](C)c2cccc(F)c2)c1. The number of halogens is 1. The second-order valence-corrected chi connectivity index (χ2v) is 5.87. The zero-order valence-electron chi connectivity index (χ0n) is 13.1. The minimum atomic E-state index is -0.173. The van der Waals surface area contributed by atoms with E-state index >= 15 is 0 Å². The topological polar surface area (TPSA) is 12.0 Å². The van der Waals surface area contributed by atoms with Crippen LogP contribution in [0.15, 0.2) is 48.5 Å². The molecule has 0 heterocycles. The average molecular weight is 285 g/mol. The van der Waals surface area contributed by atoms with E-state index in [4.69, 9.17) is 0 Å². The number of rotatable bonds is 6. The highest BCUT2D eigenvalue weighted by Gasteiger charge is 2.10. The van der Waals surface area contributed by atoms with Gasteiger partial charge in [0.2, 0.25) is 0 Å². The van der Waals surface area contributed by atoms with Crippen LogP contribution in [0.5, 0.6) is 0 Å².